The number of anilines is 1. The Morgan fingerprint density at radius 2 is 1.71 bits per heavy atom. The third-order valence-electron chi connectivity index (χ3n) is 2.96. The number of nitrogens with zero attached hydrogens (tertiary/aromatic N) is 1. The highest BCUT2D eigenvalue weighted by atomic mass is 32.2. The second-order valence-corrected chi connectivity index (χ2v) is 6.59. The first-order valence-electron chi connectivity index (χ1n) is 6.06. The van der Waals surface area contributed by atoms with Gasteiger partial charge >= 0.3 is 0 Å². The molecule has 0 atom stereocenters. The lowest BCUT2D eigenvalue weighted by Crippen LogP contribution is -2.27. The number of nitrogens with two attached hydrogens (primary N) is 1. The SMILES string of the molecule is CN(Cc1ccc(F)cc1)S(=O)(=O)c1ccc(N)cc1F. The summed E-state index contributed by atoms with van der Waals surface area (Å²) in [5.74, 6) is -1.31. The maximum absolute atomic E-state index is 13.8. The van der Waals surface area contributed by atoms with Gasteiger partial charge in [-0.3, -0.25) is 0 Å². The van der Waals surface area contributed by atoms with Crippen molar-refractivity contribution in [2.24, 2.45) is 0 Å². The summed E-state index contributed by atoms with van der Waals surface area (Å²) in [5, 5.41) is 0. The number of hydrogen-bond donors (Lipinski definition) is 1. The van der Waals surface area contributed by atoms with E-state index < -0.39 is 26.6 Å². The molecule has 7 heteroatoms. The molecule has 0 heterocycles. The second-order valence-electron chi connectivity index (χ2n) is 4.58. The van der Waals surface area contributed by atoms with Crippen LogP contribution in [0.2, 0.25) is 0 Å². The Balaban J connectivity index is 2.28. The molecular formula is C14H14F2N2O2S. The van der Waals surface area contributed by atoms with Gasteiger partial charge in [-0.15, -0.1) is 0 Å². The number of hydrogen-bond acceptors (Lipinski definition) is 3. The molecule has 0 aliphatic heterocycles. The van der Waals surface area contributed by atoms with Crippen molar-refractivity contribution in [2.45, 2.75) is 11.4 Å². The molecule has 0 aromatic heterocycles. The Kier molecular flexibility index (Phi) is 4.24. The van der Waals surface area contributed by atoms with Crippen LogP contribution in [0.15, 0.2) is 47.4 Å². The molecule has 0 unspecified atom stereocenters. The Bertz CT molecular complexity index is 746. The normalized spacial score (nSPS) is 11.8. The van der Waals surface area contributed by atoms with Crippen LogP contribution in [-0.4, -0.2) is 19.8 Å². The Hall–Kier alpha value is -1.99. The van der Waals surface area contributed by atoms with Gasteiger partial charge in [0.15, 0.2) is 0 Å². The Labute approximate surface area is 121 Å². The van der Waals surface area contributed by atoms with Crippen LogP contribution in [0.25, 0.3) is 0 Å². The molecule has 2 aromatic carbocycles. The maximum atomic E-state index is 13.8. The van der Waals surface area contributed by atoms with Crippen molar-refractivity contribution in [3.63, 3.8) is 0 Å². The van der Waals surface area contributed by atoms with Crippen molar-refractivity contribution in [1.29, 1.82) is 0 Å². The van der Waals surface area contributed by atoms with Gasteiger partial charge in [-0.1, -0.05) is 12.1 Å². The van der Waals surface area contributed by atoms with E-state index in [1.165, 1.54) is 37.4 Å². The third kappa shape index (κ3) is 3.37. The van der Waals surface area contributed by atoms with Crippen LogP contribution >= 0.6 is 0 Å². The molecule has 4 nitrogen and oxygen atoms in total. The molecule has 0 spiro atoms. The fourth-order valence-corrected chi connectivity index (χ4v) is 3.03. The molecule has 2 aromatic rings. The Morgan fingerprint density at radius 3 is 2.29 bits per heavy atom. The molecule has 0 aliphatic carbocycles. The molecule has 0 bridgehead atoms. The summed E-state index contributed by atoms with van der Waals surface area (Å²) < 4.78 is 52.2. The van der Waals surface area contributed by atoms with Crippen molar-refractivity contribution in [1.82, 2.24) is 4.31 Å². The zero-order chi connectivity index (χ0) is 15.6. The van der Waals surface area contributed by atoms with Crippen LogP contribution in [0.4, 0.5) is 14.5 Å². The quantitative estimate of drug-likeness (QED) is 0.882. The van der Waals surface area contributed by atoms with E-state index in [9.17, 15) is 17.2 Å². The molecule has 0 saturated carbocycles. The first kappa shape index (κ1) is 15.4. The van der Waals surface area contributed by atoms with E-state index in [4.69, 9.17) is 5.73 Å². The molecule has 0 radical (unpaired) electrons. The summed E-state index contributed by atoms with van der Waals surface area (Å²) in [5.41, 5.74) is 6.14. The van der Waals surface area contributed by atoms with E-state index in [-0.39, 0.29) is 12.2 Å². The summed E-state index contributed by atoms with van der Waals surface area (Å²) in [6.45, 7) is 0.00638. The van der Waals surface area contributed by atoms with Gasteiger partial charge in [0.25, 0.3) is 0 Å². The van der Waals surface area contributed by atoms with Gasteiger partial charge in [0.2, 0.25) is 10.0 Å². The van der Waals surface area contributed by atoms with Gasteiger partial charge in [-0.2, -0.15) is 4.31 Å². The monoisotopic (exact) mass is 312 g/mol. The van der Waals surface area contributed by atoms with Gasteiger partial charge in [-0.25, -0.2) is 17.2 Å². The Morgan fingerprint density at radius 1 is 1.10 bits per heavy atom. The molecule has 0 aliphatic rings. The highest BCUT2D eigenvalue weighted by molar-refractivity contribution is 7.89. The first-order chi connectivity index (χ1) is 9.80. The van der Waals surface area contributed by atoms with Gasteiger partial charge in [0.05, 0.1) is 0 Å². The van der Waals surface area contributed by atoms with Crippen LogP contribution in [0.1, 0.15) is 5.56 Å². The second kappa shape index (κ2) is 5.79. The van der Waals surface area contributed by atoms with E-state index in [0.29, 0.717) is 5.56 Å². The van der Waals surface area contributed by atoms with E-state index in [1.807, 2.05) is 0 Å². The summed E-state index contributed by atoms with van der Waals surface area (Å²) in [4.78, 5) is -0.443. The minimum absolute atomic E-state index is 0.00638. The highest BCUT2D eigenvalue weighted by Gasteiger charge is 2.24. The van der Waals surface area contributed by atoms with Gasteiger partial charge in [0.1, 0.15) is 16.5 Å². The fraction of sp³-hybridized carbons (Fsp3) is 0.143. The third-order valence-corrected chi connectivity index (χ3v) is 4.80. The largest absolute Gasteiger partial charge is 0.399 e. The summed E-state index contributed by atoms with van der Waals surface area (Å²) in [7, 11) is -2.66. The molecule has 0 saturated heterocycles. The average molecular weight is 312 g/mol. The number of benzene rings is 2. The molecule has 2 N–H and O–H groups in total. The van der Waals surface area contributed by atoms with Crippen molar-refractivity contribution in [3.8, 4) is 0 Å². The number of rotatable bonds is 4. The lowest BCUT2D eigenvalue weighted by atomic mass is 10.2. The minimum Gasteiger partial charge on any atom is -0.399 e. The molecular weight excluding hydrogens is 298 g/mol. The number of halogens is 2. The molecule has 0 fully saturated rings. The van der Waals surface area contributed by atoms with Gasteiger partial charge in [-0.05, 0) is 35.9 Å². The lowest BCUT2D eigenvalue weighted by molar-refractivity contribution is 0.459. The van der Waals surface area contributed by atoms with E-state index in [1.54, 1.807) is 0 Å². The predicted molar refractivity (Wildman–Crippen MR) is 75.9 cm³/mol. The van der Waals surface area contributed by atoms with Crippen molar-refractivity contribution < 1.29 is 17.2 Å². The summed E-state index contributed by atoms with van der Waals surface area (Å²) in [6, 6.07) is 8.82. The van der Waals surface area contributed by atoms with Crippen molar-refractivity contribution in [3.05, 3.63) is 59.7 Å². The van der Waals surface area contributed by atoms with E-state index >= 15 is 0 Å². The average Bonchev–Trinajstić information content (AvgIpc) is 2.40. The van der Waals surface area contributed by atoms with Crippen LogP contribution in [-0.2, 0) is 16.6 Å². The summed E-state index contributed by atoms with van der Waals surface area (Å²) in [6.07, 6.45) is 0. The van der Waals surface area contributed by atoms with Crippen LogP contribution in [0, 0.1) is 11.6 Å². The standard InChI is InChI=1S/C14H14F2N2O2S/c1-18(9-10-2-4-11(15)5-3-10)21(19,20)14-7-6-12(17)8-13(14)16/h2-8H,9,17H2,1H3. The van der Waals surface area contributed by atoms with Gasteiger partial charge < -0.3 is 5.73 Å². The van der Waals surface area contributed by atoms with E-state index in [0.717, 1.165) is 16.4 Å². The van der Waals surface area contributed by atoms with E-state index in [2.05, 4.69) is 0 Å². The zero-order valence-corrected chi connectivity index (χ0v) is 12.1. The molecule has 112 valence electrons. The maximum Gasteiger partial charge on any atom is 0.246 e. The molecule has 0 amide bonds. The number of sulfonamides is 1. The number of nitrogen functional groups attached to an aromatic ring is 1. The minimum atomic E-state index is -3.99. The van der Waals surface area contributed by atoms with Gasteiger partial charge in [0, 0.05) is 19.3 Å². The lowest BCUT2D eigenvalue weighted by Gasteiger charge is -2.17. The van der Waals surface area contributed by atoms with Crippen molar-refractivity contribution >= 4 is 15.7 Å². The van der Waals surface area contributed by atoms with Crippen LogP contribution in [0.5, 0.6) is 0 Å². The smallest absolute Gasteiger partial charge is 0.246 e. The highest BCUT2D eigenvalue weighted by Crippen LogP contribution is 2.21. The predicted octanol–water partition coefficient (Wildman–Crippen LogP) is 2.37. The van der Waals surface area contributed by atoms with Crippen molar-refractivity contribution in [2.75, 3.05) is 12.8 Å². The van der Waals surface area contributed by atoms with Crippen LogP contribution < -0.4 is 5.73 Å². The zero-order valence-electron chi connectivity index (χ0n) is 11.3. The van der Waals surface area contributed by atoms with Crippen LogP contribution in [0.3, 0.4) is 0 Å². The molecule has 2 rings (SSSR count). The fourth-order valence-electron chi connectivity index (χ4n) is 1.83. The molecule has 21 heavy (non-hydrogen) atoms. The summed E-state index contributed by atoms with van der Waals surface area (Å²) >= 11 is 0. The topological polar surface area (TPSA) is 63.4 Å². The first-order valence-corrected chi connectivity index (χ1v) is 7.50.